The predicted octanol–water partition coefficient (Wildman–Crippen LogP) is 3.30. The quantitative estimate of drug-likeness (QED) is 0.895. The molecule has 0 radical (unpaired) electrons. The van der Waals surface area contributed by atoms with Gasteiger partial charge < -0.3 is 10.2 Å². The Labute approximate surface area is 158 Å². The van der Waals surface area contributed by atoms with Crippen LogP contribution in [0.15, 0.2) is 36.5 Å². The molecule has 25 heavy (non-hydrogen) atoms. The topological polar surface area (TPSA) is 45.2 Å². The minimum Gasteiger partial charge on any atom is -0.348 e. The van der Waals surface area contributed by atoms with Crippen molar-refractivity contribution in [1.82, 2.24) is 15.2 Å². The summed E-state index contributed by atoms with van der Waals surface area (Å²) in [5.41, 5.74) is 0.934. The van der Waals surface area contributed by atoms with Crippen LogP contribution in [0.1, 0.15) is 22.5 Å². The molecule has 2 aromatic rings. The van der Waals surface area contributed by atoms with Crippen LogP contribution in [0.4, 0.5) is 0 Å². The summed E-state index contributed by atoms with van der Waals surface area (Å²) in [5, 5.41) is 3.37. The molecule has 3 saturated heterocycles. The second-order valence-electron chi connectivity index (χ2n) is 7.45. The van der Waals surface area contributed by atoms with Gasteiger partial charge in [0.1, 0.15) is 0 Å². The molecule has 4 nitrogen and oxygen atoms in total. The van der Waals surface area contributed by atoms with E-state index in [0.29, 0.717) is 17.9 Å². The Morgan fingerprint density at radius 3 is 2.60 bits per heavy atom. The number of hydrogen-bond acceptors (Lipinski definition) is 4. The Kier molecular flexibility index (Phi) is 4.56. The van der Waals surface area contributed by atoms with Crippen LogP contribution in [-0.4, -0.2) is 41.5 Å². The number of carbonyl (C=O) groups excluding carboxylic acids is 1. The molecule has 2 atom stereocenters. The van der Waals surface area contributed by atoms with Crippen LogP contribution >= 0.6 is 23.7 Å². The lowest BCUT2D eigenvalue weighted by Crippen LogP contribution is -2.64. The van der Waals surface area contributed by atoms with Crippen LogP contribution < -0.4 is 5.32 Å². The number of nitrogens with zero attached hydrogens (tertiary/aromatic N) is 2. The van der Waals surface area contributed by atoms with E-state index in [1.54, 1.807) is 6.20 Å². The molecule has 2 unspecified atom stereocenters. The van der Waals surface area contributed by atoms with Crippen LogP contribution in [0.5, 0.6) is 0 Å². The van der Waals surface area contributed by atoms with E-state index >= 15 is 0 Å². The Balaban J connectivity index is 0.00000157. The summed E-state index contributed by atoms with van der Waals surface area (Å²) in [4.78, 5) is 21.6. The van der Waals surface area contributed by atoms with E-state index in [1.807, 2.05) is 30.3 Å². The molecule has 1 amide bonds. The van der Waals surface area contributed by atoms with Crippen molar-refractivity contribution in [2.75, 3.05) is 19.6 Å². The Morgan fingerprint density at radius 2 is 1.92 bits per heavy atom. The molecule has 2 aromatic heterocycles. The smallest absolute Gasteiger partial charge is 0.261 e. The molecule has 4 fully saturated rings. The lowest BCUT2D eigenvalue weighted by Gasteiger charge is -2.55. The molecular weight excluding hydrogens is 354 g/mol. The normalized spacial score (nSPS) is 32.2. The fourth-order valence-electron chi connectivity index (χ4n) is 4.97. The number of halogens is 1. The van der Waals surface area contributed by atoms with Crippen molar-refractivity contribution in [2.45, 2.75) is 18.9 Å². The van der Waals surface area contributed by atoms with Gasteiger partial charge in [0.05, 0.1) is 15.4 Å². The number of hydrogen-bond donors (Lipinski definition) is 1. The lowest BCUT2D eigenvalue weighted by molar-refractivity contribution is -0.0418. The van der Waals surface area contributed by atoms with Crippen molar-refractivity contribution < 1.29 is 4.79 Å². The van der Waals surface area contributed by atoms with E-state index in [1.165, 1.54) is 43.8 Å². The zero-order chi connectivity index (χ0) is 16.1. The summed E-state index contributed by atoms with van der Waals surface area (Å²) in [6.07, 6.45) is 4.38. The maximum atomic E-state index is 12.7. The van der Waals surface area contributed by atoms with Crippen LogP contribution in [-0.2, 0) is 0 Å². The first-order chi connectivity index (χ1) is 11.8. The molecule has 5 heterocycles. The second kappa shape index (κ2) is 6.71. The number of nitrogens with one attached hydrogen (secondary N) is 1. The second-order valence-corrected chi connectivity index (χ2v) is 8.54. The van der Waals surface area contributed by atoms with Gasteiger partial charge >= 0.3 is 0 Å². The number of thiophene rings is 1. The average molecular weight is 376 g/mol. The van der Waals surface area contributed by atoms with Gasteiger partial charge in [-0.2, -0.15) is 0 Å². The minimum absolute atomic E-state index is 0. The average Bonchev–Trinajstić information content (AvgIpc) is 3.08. The maximum absolute atomic E-state index is 12.7. The van der Waals surface area contributed by atoms with Gasteiger partial charge in [0, 0.05) is 31.9 Å². The highest BCUT2D eigenvalue weighted by Crippen LogP contribution is 2.43. The molecule has 1 N–H and O–H groups in total. The van der Waals surface area contributed by atoms with Crippen molar-refractivity contribution in [2.24, 2.45) is 17.8 Å². The number of aromatic nitrogens is 1. The molecule has 1 aliphatic carbocycles. The third-order valence-electron chi connectivity index (χ3n) is 5.83. The molecule has 4 bridgehead atoms. The van der Waals surface area contributed by atoms with Gasteiger partial charge in [0.2, 0.25) is 0 Å². The number of rotatable bonds is 3. The van der Waals surface area contributed by atoms with Gasteiger partial charge in [-0.05, 0) is 54.9 Å². The fourth-order valence-corrected chi connectivity index (χ4v) is 5.86. The molecule has 3 aliphatic heterocycles. The molecule has 0 aromatic carbocycles. The highest BCUT2D eigenvalue weighted by Gasteiger charge is 2.47. The van der Waals surface area contributed by atoms with Gasteiger partial charge in [0.25, 0.3) is 5.91 Å². The zero-order valence-electron chi connectivity index (χ0n) is 13.9. The molecule has 6 rings (SSSR count). The largest absolute Gasteiger partial charge is 0.348 e. The van der Waals surface area contributed by atoms with Gasteiger partial charge in [-0.15, -0.1) is 23.7 Å². The number of pyridine rings is 1. The first kappa shape index (κ1) is 17.0. The number of carbonyl (C=O) groups is 1. The van der Waals surface area contributed by atoms with Crippen molar-refractivity contribution in [3.05, 3.63) is 41.4 Å². The molecule has 0 spiro atoms. The molecule has 6 heteroatoms. The van der Waals surface area contributed by atoms with Crippen LogP contribution in [0, 0.1) is 17.8 Å². The van der Waals surface area contributed by atoms with E-state index in [4.69, 9.17) is 0 Å². The number of amides is 1. The third kappa shape index (κ3) is 3.09. The van der Waals surface area contributed by atoms with E-state index in [2.05, 4.69) is 15.2 Å². The van der Waals surface area contributed by atoms with Crippen LogP contribution in [0.3, 0.4) is 0 Å². The maximum Gasteiger partial charge on any atom is 0.261 e. The summed E-state index contributed by atoms with van der Waals surface area (Å²) >= 11 is 1.54. The SMILES string of the molecule is Cl.O=C(NC1C2CC3CC1CN(C3)C2)c1ccc(-c2ccccn2)s1. The summed E-state index contributed by atoms with van der Waals surface area (Å²) in [7, 11) is 0. The first-order valence-electron chi connectivity index (χ1n) is 8.81. The van der Waals surface area contributed by atoms with Crippen LogP contribution in [0.25, 0.3) is 10.6 Å². The third-order valence-corrected chi connectivity index (χ3v) is 6.94. The number of piperidine rings is 3. The first-order valence-corrected chi connectivity index (χ1v) is 9.62. The summed E-state index contributed by atoms with van der Waals surface area (Å²) in [6, 6.07) is 10.2. The predicted molar refractivity (Wildman–Crippen MR) is 102 cm³/mol. The summed E-state index contributed by atoms with van der Waals surface area (Å²) in [6.45, 7) is 3.62. The summed E-state index contributed by atoms with van der Waals surface area (Å²) in [5.74, 6) is 2.26. The fraction of sp³-hybridized carbons (Fsp3) is 0.474. The van der Waals surface area contributed by atoms with Crippen LogP contribution in [0.2, 0.25) is 0 Å². The Bertz CT molecular complexity index is 735. The van der Waals surface area contributed by atoms with Gasteiger partial charge in [-0.1, -0.05) is 6.07 Å². The molecular formula is C19H22ClN3OS. The van der Waals surface area contributed by atoms with E-state index < -0.39 is 0 Å². The monoisotopic (exact) mass is 375 g/mol. The van der Waals surface area contributed by atoms with Crippen molar-refractivity contribution in [1.29, 1.82) is 0 Å². The minimum atomic E-state index is 0. The lowest BCUT2D eigenvalue weighted by atomic mass is 9.65. The van der Waals surface area contributed by atoms with Crippen molar-refractivity contribution in [3.8, 4) is 10.6 Å². The van der Waals surface area contributed by atoms with E-state index in [9.17, 15) is 4.79 Å². The Hall–Kier alpha value is -1.43. The summed E-state index contributed by atoms with van der Waals surface area (Å²) < 4.78 is 0. The van der Waals surface area contributed by atoms with Gasteiger partial charge in [0.15, 0.2) is 0 Å². The molecule has 132 valence electrons. The molecule has 1 saturated carbocycles. The Morgan fingerprint density at radius 1 is 1.12 bits per heavy atom. The molecule has 4 aliphatic rings. The highest BCUT2D eigenvalue weighted by molar-refractivity contribution is 7.17. The van der Waals surface area contributed by atoms with E-state index in [0.717, 1.165) is 21.4 Å². The van der Waals surface area contributed by atoms with E-state index in [-0.39, 0.29) is 18.3 Å². The standard InChI is InChI=1S/C19H21N3OS.ClH/c23-19(17-5-4-16(24-17)15-3-1-2-6-20-15)21-18-13-7-12-8-14(18)11-22(9-12)10-13;/h1-6,12-14,18H,7-11H2,(H,21,23);1H. The van der Waals surface area contributed by atoms with Crippen molar-refractivity contribution >= 4 is 29.7 Å². The van der Waals surface area contributed by atoms with Crippen molar-refractivity contribution in [3.63, 3.8) is 0 Å². The van der Waals surface area contributed by atoms with Gasteiger partial charge in [-0.25, -0.2) is 0 Å². The van der Waals surface area contributed by atoms with Gasteiger partial charge in [-0.3, -0.25) is 9.78 Å². The highest BCUT2D eigenvalue weighted by atomic mass is 35.5. The zero-order valence-corrected chi connectivity index (χ0v) is 15.6.